The van der Waals surface area contributed by atoms with Crippen LogP contribution in [-0.4, -0.2) is 55.9 Å². The molecule has 0 aliphatic rings. The lowest BCUT2D eigenvalue weighted by atomic mass is 10.4. The van der Waals surface area contributed by atoms with Gasteiger partial charge in [-0.1, -0.05) is 0 Å². The molecule has 0 atom stereocenters. The Hall–Kier alpha value is -1.63. The molecule has 1 aromatic rings. The quantitative estimate of drug-likeness (QED) is 0.688. The van der Waals surface area contributed by atoms with Gasteiger partial charge in [0.1, 0.15) is 0 Å². The Morgan fingerprint density at radius 1 is 1.28 bits per heavy atom. The van der Waals surface area contributed by atoms with Crippen LogP contribution in [0.2, 0.25) is 0 Å². The van der Waals surface area contributed by atoms with E-state index in [1.54, 1.807) is 14.2 Å². The van der Waals surface area contributed by atoms with E-state index in [1.807, 2.05) is 18.9 Å². The standard InChI is InChI=1S/C11H21N5O2/c1-5-18-11-14-9(12-2)13-10(15-11)16(3)7-6-8-17-4/h5-8H2,1-4H3,(H,12,13,14,15). The van der Waals surface area contributed by atoms with Gasteiger partial charge in [-0.2, -0.15) is 15.0 Å². The smallest absolute Gasteiger partial charge is 0.323 e. The number of nitrogens with zero attached hydrogens (tertiary/aromatic N) is 4. The van der Waals surface area contributed by atoms with E-state index >= 15 is 0 Å². The Balaban J connectivity index is 2.75. The number of hydrogen-bond donors (Lipinski definition) is 1. The average Bonchev–Trinajstić information content (AvgIpc) is 2.39. The molecule has 18 heavy (non-hydrogen) atoms. The number of nitrogens with one attached hydrogen (secondary N) is 1. The lowest BCUT2D eigenvalue weighted by molar-refractivity contribution is 0.196. The summed E-state index contributed by atoms with van der Waals surface area (Å²) in [5, 5.41) is 2.89. The van der Waals surface area contributed by atoms with Crippen LogP contribution in [0.15, 0.2) is 0 Å². The van der Waals surface area contributed by atoms with Crippen LogP contribution < -0.4 is 15.0 Å². The summed E-state index contributed by atoms with van der Waals surface area (Å²) < 4.78 is 10.3. The molecular weight excluding hydrogens is 234 g/mol. The number of rotatable bonds is 8. The maximum absolute atomic E-state index is 5.31. The molecule has 0 bridgehead atoms. The minimum Gasteiger partial charge on any atom is -0.464 e. The summed E-state index contributed by atoms with van der Waals surface area (Å²) in [6.07, 6.45) is 0.914. The highest BCUT2D eigenvalue weighted by atomic mass is 16.5. The molecule has 0 unspecified atom stereocenters. The second kappa shape index (κ2) is 7.65. The van der Waals surface area contributed by atoms with Crippen LogP contribution >= 0.6 is 0 Å². The number of anilines is 2. The summed E-state index contributed by atoms with van der Waals surface area (Å²) in [4.78, 5) is 14.6. The number of ether oxygens (including phenoxy) is 2. The molecule has 1 N–H and O–H groups in total. The molecule has 1 aromatic heterocycles. The number of hydrogen-bond acceptors (Lipinski definition) is 7. The molecule has 0 fully saturated rings. The van der Waals surface area contributed by atoms with Crippen LogP contribution in [0, 0.1) is 0 Å². The first-order valence-corrected chi connectivity index (χ1v) is 5.98. The van der Waals surface area contributed by atoms with Gasteiger partial charge in [0.05, 0.1) is 6.61 Å². The molecule has 102 valence electrons. The third kappa shape index (κ3) is 4.33. The second-order valence-corrected chi connectivity index (χ2v) is 3.69. The molecule has 7 heteroatoms. The Morgan fingerprint density at radius 3 is 2.67 bits per heavy atom. The lowest BCUT2D eigenvalue weighted by Gasteiger charge is -2.17. The summed E-state index contributed by atoms with van der Waals surface area (Å²) in [6.45, 7) is 3.95. The highest BCUT2D eigenvalue weighted by Gasteiger charge is 2.10. The van der Waals surface area contributed by atoms with Gasteiger partial charge in [-0.15, -0.1) is 0 Å². The summed E-state index contributed by atoms with van der Waals surface area (Å²) in [5.74, 6) is 1.09. The SMILES string of the molecule is CCOc1nc(NC)nc(N(C)CCCOC)n1. The first kappa shape index (κ1) is 14.4. The van der Waals surface area contributed by atoms with E-state index in [4.69, 9.17) is 9.47 Å². The largest absolute Gasteiger partial charge is 0.464 e. The van der Waals surface area contributed by atoms with E-state index in [-0.39, 0.29) is 0 Å². The molecule has 0 aliphatic heterocycles. The Labute approximate surface area is 108 Å². The fourth-order valence-electron chi connectivity index (χ4n) is 1.37. The topological polar surface area (TPSA) is 72.4 Å². The van der Waals surface area contributed by atoms with Crippen LogP contribution in [0.3, 0.4) is 0 Å². The third-order valence-corrected chi connectivity index (χ3v) is 2.28. The summed E-state index contributed by atoms with van der Waals surface area (Å²) in [6, 6.07) is 0.338. The van der Waals surface area contributed by atoms with Gasteiger partial charge in [-0.25, -0.2) is 0 Å². The second-order valence-electron chi connectivity index (χ2n) is 3.69. The molecule has 0 aromatic carbocycles. The third-order valence-electron chi connectivity index (χ3n) is 2.28. The van der Waals surface area contributed by atoms with Crippen LogP contribution in [0.25, 0.3) is 0 Å². The maximum atomic E-state index is 5.31. The van der Waals surface area contributed by atoms with Crippen molar-refractivity contribution < 1.29 is 9.47 Å². The normalized spacial score (nSPS) is 10.2. The van der Waals surface area contributed by atoms with Crippen LogP contribution in [0.5, 0.6) is 6.01 Å². The highest BCUT2D eigenvalue weighted by molar-refractivity contribution is 5.37. The predicted octanol–water partition coefficient (Wildman–Crippen LogP) is 0.785. The van der Waals surface area contributed by atoms with Gasteiger partial charge in [0.25, 0.3) is 0 Å². The Bertz CT molecular complexity index is 361. The molecule has 0 saturated carbocycles. The zero-order chi connectivity index (χ0) is 13.4. The van der Waals surface area contributed by atoms with Gasteiger partial charge in [0, 0.05) is 34.4 Å². The van der Waals surface area contributed by atoms with Crippen molar-refractivity contribution in [1.82, 2.24) is 15.0 Å². The van der Waals surface area contributed by atoms with Gasteiger partial charge in [-0.3, -0.25) is 0 Å². The molecule has 1 heterocycles. The number of aromatic nitrogens is 3. The van der Waals surface area contributed by atoms with Crippen LogP contribution in [0.4, 0.5) is 11.9 Å². The first-order chi connectivity index (χ1) is 8.71. The van der Waals surface area contributed by atoms with E-state index in [0.29, 0.717) is 31.1 Å². The fourth-order valence-corrected chi connectivity index (χ4v) is 1.37. The summed E-state index contributed by atoms with van der Waals surface area (Å²) >= 11 is 0. The zero-order valence-electron chi connectivity index (χ0n) is 11.4. The van der Waals surface area contributed by atoms with Crippen molar-refractivity contribution in [3.8, 4) is 6.01 Å². The van der Waals surface area contributed by atoms with Gasteiger partial charge in [0.15, 0.2) is 0 Å². The van der Waals surface area contributed by atoms with Gasteiger partial charge < -0.3 is 19.7 Å². The first-order valence-electron chi connectivity index (χ1n) is 5.98. The molecule has 0 aliphatic carbocycles. The van der Waals surface area contributed by atoms with E-state index in [1.165, 1.54) is 0 Å². The molecular formula is C11H21N5O2. The predicted molar refractivity (Wildman–Crippen MR) is 70.3 cm³/mol. The van der Waals surface area contributed by atoms with Crippen molar-refractivity contribution >= 4 is 11.9 Å². The van der Waals surface area contributed by atoms with E-state index in [2.05, 4.69) is 20.3 Å². The molecule has 0 spiro atoms. The van der Waals surface area contributed by atoms with Crippen molar-refractivity contribution in [3.63, 3.8) is 0 Å². The van der Waals surface area contributed by atoms with E-state index in [9.17, 15) is 0 Å². The summed E-state index contributed by atoms with van der Waals surface area (Å²) in [7, 11) is 5.38. The fraction of sp³-hybridized carbons (Fsp3) is 0.727. The van der Waals surface area contributed by atoms with Crippen molar-refractivity contribution in [2.75, 3.05) is 51.2 Å². The van der Waals surface area contributed by atoms with Crippen molar-refractivity contribution in [2.45, 2.75) is 13.3 Å². The Morgan fingerprint density at radius 2 is 2.06 bits per heavy atom. The summed E-state index contributed by atoms with van der Waals surface area (Å²) in [5.41, 5.74) is 0. The van der Waals surface area contributed by atoms with Crippen molar-refractivity contribution in [3.05, 3.63) is 0 Å². The number of methoxy groups -OCH3 is 1. The van der Waals surface area contributed by atoms with Crippen LogP contribution in [-0.2, 0) is 4.74 Å². The van der Waals surface area contributed by atoms with Crippen molar-refractivity contribution in [1.29, 1.82) is 0 Å². The molecule has 1 rings (SSSR count). The monoisotopic (exact) mass is 255 g/mol. The van der Waals surface area contributed by atoms with Crippen molar-refractivity contribution in [2.24, 2.45) is 0 Å². The van der Waals surface area contributed by atoms with Gasteiger partial charge in [0.2, 0.25) is 11.9 Å². The Kier molecular flexibility index (Phi) is 6.13. The van der Waals surface area contributed by atoms with E-state index < -0.39 is 0 Å². The lowest BCUT2D eigenvalue weighted by Crippen LogP contribution is -2.23. The minimum atomic E-state index is 0.338. The molecule has 7 nitrogen and oxygen atoms in total. The molecule has 0 amide bonds. The molecule has 0 radical (unpaired) electrons. The molecule has 0 saturated heterocycles. The minimum absolute atomic E-state index is 0.338. The van der Waals surface area contributed by atoms with Gasteiger partial charge in [-0.05, 0) is 13.3 Å². The average molecular weight is 255 g/mol. The highest BCUT2D eigenvalue weighted by Crippen LogP contribution is 2.13. The zero-order valence-corrected chi connectivity index (χ0v) is 11.4. The maximum Gasteiger partial charge on any atom is 0.323 e. The van der Waals surface area contributed by atoms with Crippen LogP contribution in [0.1, 0.15) is 13.3 Å². The van der Waals surface area contributed by atoms with E-state index in [0.717, 1.165) is 13.0 Å². The van der Waals surface area contributed by atoms with Gasteiger partial charge >= 0.3 is 6.01 Å².